The molecule has 2 aliphatic rings. The molecule has 5 rings (SSSR count). The van der Waals surface area contributed by atoms with Crippen LogP contribution in [0.1, 0.15) is 61.6 Å². The first-order valence-electron chi connectivity index (χ1n) is 14.8. The normalized spacial score (nSPS) is 16.6. The topological polar surface area (TPSA) is 108 Å². The fourth-order valence-electron chi connectivity index (χ4n) is 6.28. The number of alkyl carbamates (subject to hydrolysis) is 1. The molecule has 8 nitrogen and oxygen atoms in total. The summed E-state index contributed by atoms with van der Waals surface area (Å²) in [6.07, 6.45) is 1.49. The minimum absolute atomic E-state index is 0.0101. The van der Waals surface area contributed by atoms with Crippen molar-refractivity contribution in [3.63, 3.8) is 0 Å². The average Bonchev–Trinajstić information content (AvgIpc) is 3.31. The summed E-state index contributed by atoms with van der Waals surface area (Å²) in [5.41, 5.74) is 4.93. The van der Waals surface area contributed by atoms with Gasteiger partial charge < -0.3 is 20.5 Å². The quantitative estimate of drug-likeness (QED) is 0.289. The summed E-state index contributed by atoms with van der Waals surface area (Å²) in [5, 5.41) is 15.3. The molecule has 3 N–H and O–H groups in total. The van der Waals surface area contributed by atoms with Gasteiger partial charge in [-0.1, -0.05) is 92.2 Å². The van der Waals surface area contributed by atoms with Gasteiger partial charge in [0.1, 0.15) is 12.6 Å². The van der Waals surface area contributed by atoms with E-state index in [-0.39, 0.29) is 24.9 Å². The van der Waals surface area contributed by atoms with Crippen LogP contribution in [0.5, 0.6) is 0 Å². The third kappa shape index (κ3) is 6.82. The van der Waals surface area contributed by atoms with E-state index in [1.54, 1.807) is 0 Å². The molecule has 2 amide bonds. The Balaban J connectivity index is 1.27. The Bertz CT molecular complexity index is 1360. The van der Waals surface area contributed by atoms with Gasteiger partial charge in [-0.15, -0.1) is 0 Å². The minimum Gasteiger partial charge on any atom is -0.480 e. The molecule has 0 unspecified atom stereocenters. The molecule has 42 heavy (non-hydrogen) atoms. The van der Waals surface area contributed by atoms with Crippen molar-refractivity contribution in [1.29, 1.82) is 0 Å². The van der Waals surface area contributed by atoms with Gasteiger partial charge >= 0.3 is 12.1 Å². The van der Waals surface area contributed by atoms with E-state index in [1.165, 1.54) is 5.56 Å². The van der Waals surface area contributed by atoms with Crippen molar-refractivity contribution in [2.45, 2.75) is 63.1 Å². The summed E-state index contributed by atoms with van der Waals surface area (Å²) in [6.45, 7) is 4.21. The second kappa shape index (κ2) is 13.2. The first-order chi connectivity index (χ1) is 20.4. The van der Waals surface area contributed by atoms with Gasteiger partial charge in [0.15, 0.2) is 0 Å². The van der Waals surface area contributed by atoms with Crippen LogP contribution >= 0.6 is 0 Å². The molecule has 0 aromatic heterocycles. The Kier molecular flexibility index (Phi) is 9.22. The fraction of sp³-hybridized carbons (Fsp3) is 0.382. The van der Waals surface area contributed by atoms with Gasteiger partial charge in [0.25, 0.3) is 0 Å². The van der Waals surface area contributed by atoms with E-state index in [9.17, 15) is 19.5 Å². The van der Waals surface area contributed by atoms with Crippen molar-refractivity contribution >= 4 is 18.0 Å². The van der Waals surface area contributed by atoms with Crippen LogP contribution in [0.25, 0.3) is 11.1 Å². The molecular formula is C34H39N3O5. The van der Waals surface area contributed by atoms with Crippen LogP contribution in [-0.4, -0.2) is 59.3 Å². The maximum atomic E-state index is 13.3. The third-order valence-electron chi connectivity index (χ3n) is 8.48. The number of fused-ring (bicyclic) bond motifs is 3. The molecule has 1 fully saturated rings. The van der Waals surface area contributed by atoms with Crippen molar-refractivity contribution < 1.29 is 24.2 Å². The number of amides is 2. The molecule has 8 heteroatoms. The standard InChI is InChI=1S/C34H39N3O5/c1-2-10-30(32(39)40)35-31(38)21-34(17-19-37(20-18-34)22-24-11-4-3-5-12-24)36-33(41)42-23-29-27-15-8-6-13-25(27)26-14-7-9-16-28(26)29/h3-9,11-16,29-30H,2,10,17-23H2,1H3,(H,35,38)(H,36,41)(H,39,40)/t30-/m0/s1. The third-order valence-corrected chi connectivity index (χ3v) is 8.48. The van der Waals surface area contributed by atoms with Gasteiger partial charge in [-0.05, 0) is 47.1 Å². The van der Waals surface area contributed by atoms with E-state index in [0.29, 0.717) is 38.8 Å². The van der Waals surface area contributed by atoms with Crippen LogP contribution in [0, 0.1) is 0 Å². The molecule has 0 spiro atoms. The zero-order valence-electron chi connectivity index (χ0n) is 24.1. The van der Waals surface area contributed by atoms with Crippen molar-refractivity contribution in [2.24, 2.45) is 0 Å². The van der Waals surface area contributed by atoms with Crippen LogP contribution in [0.3, 0.4) is 0 Å². The Labute approximate surface area is 247 Å². The van der Waals surface area contributed by atoms with E-state index in [4.69, 9.17) is 4.74 Å². The molecular weight excluding hydrogens is 530 g/mol. The number of aliphatic carboxylic acids is 1. The van der Waals surface area contributed by atoms with E-state index in [1.807, 2.05) is 49.4 Å². The molecule has 220 valence electrons. The average molecular weight is 570 g/mol. The lowest BCUT2D eigenvalue weighted by Crippen LogP contribution is -2.58. The molecule has 1 atom stereocenters. The highest BCUT2D eigenvalue weighted by atomic mass is 16.5. The van der Waals surface area contributed by atoms with Crippen LogP contribution in [0.15, 0.2) is 78.9 Å². The maximum Gasteiger partial charge on any atom is 0.407 e. The number of hydrogen-bond donors (Lipinski definition) is 3. The van der Waals surface area contributed by atoms with E-state index in [2.05, 4.69) is 51.9 Å². The Morgan fingerprint density at radius 3 is 2.12 bits per heavy atom. The highest BCUT2D eigenvalue weighted by Gasteiger charge is 2.39. The van der Waals surface area contributed by atoms with Gasteiger partial charge in [0, 0.05) is 32.0 Å². The number of carbonyl (C=O) groups excluding carboxylic acids is 2. The number of piperidine rings is 1. The van der Waals surface area contributed by atoms with Gasteiger partial charge in [-0.25, -0.2) is 9.59 Å². The molecule has 1 saturated heterocycles. The minimum atomic E-state index is -1.05. The summed E-state index contributed by atoms with van der Waals surface area (Å²) >= 11 is 0. The summed E-state index contributed by atoms with van der Waals surface area (Å²) in [7, 11) is 0. The van der Waals surface area contributed by atoms with Crippen molar-refractivity contribution in [3.05, 3.63) is 95.6 Å². The predicted octanol–water partition coefficient (Wildman–Crippen LogP) is 5.32. The molecule has 3 aromatic rings. The molecule has 0 bridgehead atoms. The number of likely N-dealkylation sites (tertiary alicyclic amines) is 1. The van der Waals surface area contributed by atoms with Gasteiger partial charge in [-0.2, -0.15) is 0 Å². The lowest BCUT2D eigenvalue weighted by Gasteiger charge is -2.42. The van der Waals surface area contributed by atoms with Crippen LogP contribution < -0.4 is 10.6 Å². The Morgan fingerprint density at radius 1 is 0.929 bits per heavy atom. The van der Waals surface area contributed by atoms with Crippen LogP contribution in [0.4, 0.5) is 4.79 Å². The molecule has 1 heterocycles. The van der Waals surface area contributed by atoms with Crippen LogP contribution in [0.2, 0.25) is 0 Å². The smallest absolute Gasteiger partial charge is 0.407 e. The van der Waals surface area contributed by atoms with Crippen LogP contribution in [-0.2, 0) is 20.9 Å². The summed E-state index contributed by atoms with van der Waals surface area (Å²) in [6, 6.07) is 25.6. The number of carbonyl (C=O) groups is 3. The molecule has 1 aliphatic heterocycles. The summed E-state index contributed by atoms with van der Waals surface area (Å²) in [5.74, 6) is -1.51. The first-order valence-corrected chi connectivity index (χ1v) is 14.8. The number of benzene rings is 3. The monoisotopic (exact) mass is 569 g/mol. The summed E-state index contributed by atoms with van der Waals surface area (Å²) in [4.78, 5) is 40.4. The number of hydrogen-bond acceptors (Lipinski definition) is 5. The molecule has 3 aromatic carbocycles. The highest BCUT2D eigenvalue weighted by molar-refractivity contribution is 5.85. The van der Waals surface area contributed by atoms with Gasteiger partial charge in [0.2, 0.25) is 5.91 Å². The second-order valence-electron chi connectivity index (χ2n) is 11.4. The zero-order valence-corrected chi connectivity index (χ0v) is 24.1. The number of rotatable bonds is 11. The van der Waals surface area contributed by atoms with E-state index in [0.717, 1.165) is 28.8 Å². The lowest BCUT2D eigenvalue weighted by molar-refractivity contribution is -0.142. The molecule has 0 radical (unpaired) electrons. The molecule has 1 aliphatic carbocycles. The van der Waals surface area contributed by atoms with Gasteiger partial charge in [-0.3, -0.25) is 9.69 Å². The maximum absolute atomic E-state index is 13.3. The number of carboxylic acid groups (broad SMARTS) is 1. The number of nitrogens with one attached hydrogen (secondary N) is 2. The second-order valence-corrected chi connectivity index (χ2v) is 11.4. The van der Waals surface area contributed by atoms with Crippen molar-refractivity contribution in [1.82, 2.24) is 15.5 Å². The van der Waals surface area contributed by atoms with Crippen molar-refractivity contribution in [3.8, 4) is 11.1 Å². The highest BCUT2D eigenvalue weighted by Crippen LogP contribution is 2.44. The number of carboxylic acids is 1. The van der Waals surface area contributed by atoms with Gasteiger partial charge in [0.05, 0.1) is 5.54 Å². The Morgan fingerprint density at radius 2 is 1.52 bits per heavy atom. The fourth-order valence-corrected chi connectivity index (χ4v) is 6.28. The van der Waals surface area contributed by atoms with Crippen molar-refractivity contribution in [2.75, 3.05) is 19.7 Å². The Hall–Kier alpha value is -4.17. The number of nitrogens with zero attached hydrogens (tertiary/aromatic N) is 1. The first kappa shape index (κ1) is 29.3. The summed E-state index contributed by atoms with van der Waals surface area (Å²) < 4.78 is 5.84. The molecule has 0 saturated carbocycles. The largest absolute Gasteiger partial charge is 0.480 e. The number of ether oxygens (including phenoxy) is 1. The predicted molar refractivity (Wildman–Crippen MR) is 161 cm³/mol. The van der Waals surface area contributed by atoms with E-state index < -0.39 is 23.6 Å². The lowest BCUT2D eigenvalue weighted by atomic mass is 9.83. The SMILES string of the molecule is CCC[C@H](NC(=O)CC1(NC(=O)OCC2c3ccccc3-c3ccccc32)CCN(Cc2ccccc2)CC1)C(=O)O. The zero-order chi connectivity index (χ0) is 29.5. The van der Waals surface area contributed by atoms with E-state index >= 15 is 0 Å².